The van der Waals surface area contributed by atoms with E-state index in [2.05, 4.69) is 10.6 Å². The molecule has 2 aliphatic rings. The van der Waals surface area contributed by atoms with Crippen LogP contribution in [0.1, 0.15) is 25.5 Å². The third-order valence-corrected chi connectivity index (χ3v) is 5.00. The molecule has 0 saturated carbocycles. The van der Waals surface area contributed by atoms with Crippen LogP contribution in [-0.2, 0) is 19.1 Å². The molecule has 10 nitrogen and oxygen atoms in total. The van der Waals surface area contributed by atoms with E-state index in [9.17, 15) is 14.4 Å². The minimum atomic E-state index is -0.717. The summed E-state index contributed by atoms with van der Waals surface area (Å²) in [5.74, 6) is 0.100. The van der Waals surface area contributed by atoms with Gasteiger partial charge in [-0.25, -0.2) is 9.59 Å². The van der Waals surface area contributed by atoms with Crippen molar-refractivity contribution in [3.05, 3.63) is 35.0 Å². The Morgan fingerprint density at radius 1 is 1.23 bits per heavy atom. The highest BCUT2D eigenvalue weighted by Crippen LogP contribution is 2.34. The number of urea groups is 1. The highest BCUT2D eigenvalue weighted by Gasteiger charge is 2.32. The van der Waals surface area contributed by atoms with Crippen LogP contribution in [0, 0.1) is 0 Å². The van der Waals surface area contributed by atoms with Crippen molar-refractivity contribution in [3.8, 4) is 11.5 Å². The van der Waals surface area contributed by atoms with E-state index in [-0.39, 0.29) is 19.1 Å². The van der Waals surface area contributed by atoms with Crippen LogP contribution >= 0.6 is 0 Å². The number of rotatable bonds is 7. The van der Waals surface area contributed by atoms with Gasteiger partial charge < -0.3 is 34.5 Å². The summed E-state index contributed by atoms with van der Waals surface area (Å²) in [5, 5.41) is 5.33. The van der Waals surface area contributed by atoms with Crippen LogP contribution in [0.2, 0.25) is 0 Å². The van der Waals surface area contributed by atoms with Crippen molar-refractivity contribution in [3.63, 3.8) is 0 Å². The third kappa shape index (κ3) is 5.26. The fourth-order valence-corrected chi connectivity index (χ4v) is 3.45. The van der Waals surface area contributed by atoms with E-state index in [0.717, 1.165) is 0 Å². The van der Waals surface area contributed by atoms with Crippen LogP contribution in [0.4, 0.5) is 4.79 Å². The number of benzene rings is 1. The first-order valence-electron chi connectivity index (χ1n) is 10.1. The number of morpholine rings is 1. The Morgan fingerprint density at radius 2 is 1.97 bits per heavy atom. The monoisotopic (exact) mass is 433 g/mol. The van der Waals surface area contributed by atoms with Gasteiger partial charge in [0.15, 0.2) is 18.1 Å². The second-order valence-electron chi connectivity index (χ2n) is 6.98. The summed E-state index contributed by atoms with van der Waals surface area (Å²) in [4.78, 5) is 38.5. The van der Waals surface area contributed by atoms with Crippen molar-refractivity contribution >= 4 is 17.9 Å². The van der Waals surface area contributed by atoms with E-state index in [1.54, 1.807) is 36.9 Å². The number of amides is 3. The molecule has 1 fully saturated rings. The lowest BCUT2D eigenvalue weighted by molar-refractivity contribution is -0.139. The van der Waals surface area contributed by atoms with Crippen LogP contribution < -0.4 is 20.1 Å². The molecular weight excluding hydrogens is 406 g/mol. The summed E-state index contributed by atoms with van der Waals surface area (Å²) in [6.07, 6.45) is 0. The Hall–Kier alpha value is -3.27. The van der Waals surface area contributed by atoms with Gasteiger partial charge in [-0.3, -0.25) is 4.79 Å². The molecule has 0 radical (unpaired) electrons. The van der Waals surface area contributed by atoms with Crippen molar-refractivity contribution in [2.24, 2.45) is 0 Å². The van der Waals surface area contributed by atoms with Gasteiger partial charge in [0.1, 0.15) is 0 Å². The standard InChI is InChI=1S/C21H27N3O7/c1-4-30-20(26)18-13(2)22-21(27)23-19(18)14-5-6-15(16(11-14)28-3)31-12-17(25)24-7-9-29-10-8-24/h5-6,11,19H,4,7-10,12H2,1-3H3,(H2,22,23,27). The van der Waals surface area contributed by atoms with Crippen molar-refractivity contribution in [2.45, 2.75) is 19.9 Å². The van der Waals surface area contributed by atoms with E-state index in [1.807, 2.05) is 0 Å². The van der Waals surface area contributed by atoms with Crippen LogP contribution in [0.15, 0.2) is 29.5 Å². The van der Waals surface area contributed by atoms with Gasteiger partial charge in [-0.1, -0.05) is 6.07 Å². The van der Waals surface area contributed by atoms with E-state index in [4.69, 9.17) is 18.9 Å². The van der Waals surface area contributed by atoms with Crippen molar-refractivity contribution in [1.29, 1.82) is 0 Å². The van der Waals surface area contributed by atoms with Crippen molar-refractivity contribution in [2.75, 3.05) is 46.6 Å². The van der Waals surface area contributed by atoms with Gasteiger partial charge in [0.2, 0.25) is 0 Å². The highest BCUT2D eigenvalue weighted by molar-refractivity contribution is 5.95. The van der Waals surface area contributed by atoms with Gasteiger partial charge in [-0.15, -0.1) is 0 Å². The molecule has 31 heavy (non-hydrogen) atoms. The van der Waals surface area contributed by atoms with E-state index in [0.29, 0.717) is 54.6 Å². The normalized spacial score (nSPS) is 18.7. The van der Waals surface area contributed by atoms with Crippen LogP contribution in [-0.4, -0.2) is 69.4 Å². The lowest BCUT2D eigenvalue weighted by Crippen LogP contribution is -2.45. The first kappa shape index (κ1) is 22.4. The lowest BCUT2D eigenvalue weighted by Gasteiger charge is -2.28. The SMILES string of the molecule is CCOC(=O)C1=C(C)NC(=O)NC1c1ccc(OCC(=O)N2CCOCC2)c(OC)c1. The van der Waals surface area contributed by atoms with Gasteiger partial charge in [0.05, 0.1) is 38.5 Å². The summed E-state index contributed by atoms with van der Waals surface area (Å²) in [7, 11) is 1.48. The molecule has 1 atom stereocenters. The van der Waals surface area contributed by atoms with Crippen LogP contribution in [0.5, 0.6) is 11.5 Å². The molecule has 2 heterocycles. The molecule has 168 valence electrons. The van der Waals surface area contributed by atoms with Gasteiger partial charge in [-0.05, 0) is 31.5 Å². The number of carbonyl (C=O) groups is 3. The number of ether oxygens (including phenoxy) is 4. The maximum atomic E-state index is 12.5. The molecular formula is C21H27N3O7. The molecule has 1 aromatic carbocycles. The van der Waals surface area contributed by atoms with E-state index >= 15 is 0 Å². The molecule has 0 aliphatic carbocycles. The molecule has 0 aromatic heterocycles. The first-order chi connectivity index (χ1) is 14.9. The average molecular weight is 433 g/mol. The molecule has 3 rings (SSSR count). The Bertz CT molecular complexity index is 878. The predicted octanol–water partition coefficient (Wildman–Crippen LogP) is 1.12. The summed E-state index contributed by atoms with van der Waals surface area (Å²) >= 11 is 0. The minimum Gasteiger partial charge on any atom is -0.493 e. The van der Waals surface area contributed by atoms with Gasteiger partial charge in [-0.2, -0.15) is 0 Å². The van der Waals surface area contributed by atoms with Crippen molar-refractivity contribution < 1.29 is 33.3 Å². The highest BCUT2D eigenvalue weighted by atomic mass is 16.5. The molecule has 2 N–H and O–H groups in total. The van der Waals surface area contributed by atoms with E-state index in [1.165, 1.54) is 7.11 Å². The number of carbonyl (C=O) groups excluding carboxylic acids is 3. The number of hydrogen-bond donors (Lipinski definition) is 2. The third-order valence-electron chi connectivity index (χ3n) is 5.00. The Morgan fingerprint density at radius 3 is 2.65 bits per heavy atom. The smallest absolute Gasteiger partial charge is 0.338 e. The zero-order valence-electron chi connectivity index (χ0n) is 17.9. The minimum absolute atomic E-state index is 0.132. The van der Waals surface area contributed by atoms with Gasteiger partial charge in [0.25, 0.3) is 5.91 Å². The zero-order chi connectivity index (χ0) is 22.4. The number of methoxy groups -OCH3 is 1. The molecule has 1 saturated heterocycles. The molecule has 10 heteroatoms. The second kappa shape index (κ2) is 10.2. The summed E-state index contributed by atoms with van der Waals surface area (Å²) < 4.78 is 21.5. The molecule has 1 aromatic rings. The van der Waals surface area contributed by atoms with Crippen molar-refractivity contribution in [1.82, 2.24) is 15.5 Å². The van der Waals surface area contributed by atoms with Gasteiger partial charge in [0, 0.05) is 18.8 Å². The molecule has 3 amide bonds. The molecule has 2 aliphatic heterocycles. The maximum Gasteiger partial charge on any atom is 0.338 e. The largest absolute Gasteiger partial charge is 0.493 e. The summed E-state index contributed by atoms with van der Waals surface area (Å²) in [5.41, 5.74) is 1.34. The zero-order valence-corrected chi connectivity index (χ0v) is 17.9. The molecule has 1 unspecified atom stereocenters. The first-order valence-corrected chi connectivity index (χ1v) is 10.1. The lowest BCUT2D eigenvalue weighted by atomic mass is 9.95. The Balaban J connectivity index is 1.79. The number of esters is 1. The average Bonchev–Trinajstić information content (AvgIpc) is 2.77. The fraction of sp³-hybridized carbons (Fsp3) is 0.476. The predicted molar refractivity (Wildman–Crippen MR) is 110 cm³/mol. The topological polar surface area (TPSA) is 115 Å². The number of nitrogens with one attached hydrogen (secondary N) is 2. The quantitative estimate of drug-likeness (QED) is 0.619. The Labute approximate surface area is 180 Å². The van der Waals surface area contributed by atoms with E-state index < -0.39 is 18.0 Å². The summed E-state index contributed by atoms with van der Waals surface area (Å²) in [6, 6.07) is 3.88. The number of hydrogen-bond acceptors (Lipinski definition) is 7. The number of allylic oxidation sites excluding steroid dienone is 1. The molecule has 0 bridgehead atoms. The second-order valence-corrected chi connectivity index (χ2v) is 6.98. The van der Waals surface area contributed by atoms with Crippen LogP contribution in [0.3, 0.4) is 0 Å². The fourth-order valence-electron chi connectivity index (χ4n) is 3.45. The molecule has 0 spiro atoms. The Kier molecular flexibility index (Phi) is 7.35. The van der Waals surface area contributed by atoms with Gasteiger partial charge >= 0.3 is 12.0 Å². The summed E-state index contributed by atoms with van der Waals surface area (Å²) in [6.45, 7) is 5.54. The maximum absolute atomic E-state index is 12.5. The van der Waals surface area contributed by atoms with Crippen LogP contribution in [0.25, 0.3) is 0 Å². The number of nitrogens with zero attached hydrogens (tertiary/aromatic N) is 1.